The van der Waals surface area contributed by atoms with E-state index in [-0.39, 0.29) is 16.2 Å². The molecule has 16 heavy (non-hydrogen) atoms. The molecule has 0 aliphatic heterocycles. The maximum absolute atomic E-state index is 11.9. The van der Waals surface area contributed by atoms with Gasteiger partial charge in [0.2, 0.25) is 0 Å². The monoisotopic (exact) mass is 284 g/mol. The number of hydrogen-bond donors (Lipinski definition) is 1. The molecule has 4 heteroatoms. The van der Waals surface area contributed by atoms with Gasteiger partial charge in [-0.15, -0.1) is 0 Å². The van der Waals surface area contributed by atoms with Gasteiger partial charge in [-0.2, -0.15) is 0 Å². The van der Waals surface area contributed by atoms with Crippen LogP contribution in [0.4, 0.5) is 0 Å². The number of aromatic carboxylic acids is 1. The van der Waals surface area contributed by atoms with E-state index >= 15 is 0 Å². The van der Waals surface area contributed by atoms with E-state index in [2.05, 4.69) is 15.9 Å². The molecule has 0 bridgehead atoms. The van der Waals surface area contributed by atoms with Crippen molar-refractivity contribution in [1.29, 1.82) is 0 Å². The zero-order chi connectivity index (χ0) is 12.1. The van der Waals surface area contributed by atoms with Crippen molar-refractivity contribution in [1.82, 2.24) is 0 Å². The van der Waals surface area contributed by atoms with Crippen molar-refractivity contribution in [3.05, 3.63) is 35.4 Å². The van der Waals surface area contributed by atoms with Crippen molar-refractivity contribution in [2.75, 3.05) is 0 Å². The van der Waals surface area contributed by atoms with Crippen LogP contribution in [0.15, 0.2) is 24.3 Å². The molecule has 0 aliphatic carbocycles. The molecule has 0 spiro atoms. The summed E-state index contributed by atoms with van der Waals surface area (Å²) in [7, 11) is 0. The third-order valence-electron chi connectivity index (χ3n) is 2.22. The molecular weight excluding hydrogens is 272 g/mol. The van der Waals surface area contributed by atoms with E-state index in [0.29, 0.717) is 5.56 Å². The molecule has 1 aromatic carbocycles. The molecule has 1 rings (SSSR count). The van der Waals surface area contributed by atoms with Gasteiger partial charge >= 0.3 is 5.97 Å². The van der Waals surface area contributed by atoms with E-state index in [1.54, 1.807) is 12.1 Å². The number of carboxylic acid groups (broad SMARTS) is 1. The van der Waals surface area contributed by atoms with Crippen LogP contribution in [-0.4, -0.2) is 21.7 Å². The number of hydrogen-bond acceptors (Lipinski definition) is 2. The van der Waals surface area contributed by atoms with Crippen LogP contribution < -0.4 is 0 Å². The molecule has 0 fully saturated rings. The fourth-order valence-electron chi connectivity index (χ4n) is 1.37. The van der Waals surface area contributed by atoms with Crippen LogP contribution in [0.1, 0.15) is 40.5 Å². The van der Waals surface area contributed by atoms with Crippen molar-refractivity contribution >= 4 is 27.7 Å². The van der Waals surface area contributed by atoms with E-state index in [9.17, 15) is 9.59 Å². The van der Waals surface area contributed by atoms with Crippen molar-refractivity contribution < 1.29 is 14.7 Å². The lowest BCUT2D eigenvalue weighted by molar-refractivity contribution is 0.0697. The van der Waals surface area contributed by atoms with Gasteiger partial charge in [0.1, 0.15) is 0 Å². The lowest BCUT2D eigenvalue weighted by Crippen LogP contribution is -2.14. The molecule has 0 saturated heterocycles. The van der Waals surface area contributed by atoms with Gasteiger partial charge in [0.25, 0.3) is 0 Å². The molecule has 1 N–H and O–H groups in total. The molecular formula is C12H13BrO3. The Bertz CT molecular complexity index is 401. The van der Waals surface area contributed by atoms with Crippen molar-refractivity contribution in [2.24, 2.45) is 0 Å². The standard InChI is InChI=1S/C12H13BrO3/c1-2-4-10(13)11(14)8-5-3-6-9(7-8)12(15)16/h3,5-7,10H,2,4H2,1H3,(H,15,16). The Balaban J connectivity index is 2.91. The Labute approximate surface area is 103 Å². The van der Waals surface area contributed by atoms with E-state index in [1.807, 2.05) is 6.92 Å². The Kier molecular flexibility index (Phi) is 4.68. The van der Waals surface area contributed by atoms with Crippen LogP contribution in [0.5, 0.6) is 0 Å². The van der Waals surface area contributed by atoms with Crippen molar-refractivity contribution in [3.8, 4) is 0 Å². The summed E-state index contributed by atoms with van der Waals surface area (Å²) in [6.07, 6.45) is 1.65. The average Bonchev–Trinajstić information content (AvgIpc) is 2.28. The van der Waals surface area contributed by atoms with Gasteiger partial charge in [-0.05, 0) is 18.6 Å². The number of rotatable bonds is 5. The van der Waals surface area contributed by atoms with Crippen LogP contribution >= 0.6 is 15.9 Å². The molecule has 0 aliphatic rings. The van der Waals surface area contributed by atoms with Crippen molar-refractivity contribution in [3.63, 3.8) is 0 Å². The first-order chi connectivity index (χ1) is 7.56. The fourth-order valence-corrected chi connectivity index (χ4v) is 2.09. The number of benzene rings is 1. The van der Waals surface area contributed by atoms with Crippen LogP contribution in [-0.2, 0) is 0 Å². The van der Waals surface area contributed by atoms with E-state index < -0.39 is 5.97 Å². The first kappa shape index (κ1) is 12.9. The Morgan fingerprint density at radius 3 is 2.56 bits per heavy atom. The molecule has 3 nitrogen and oxygen atoms in total. The smallest absolute Gasteiger partial charge is 0.335 e. The highest BCUT2D eigenvalue weighted by Crippen LogP contribution is 2.16. The van der Waals surface area contributed by atoms with E-state index in [0.717, 1.165) is 12.8 Å². The number of carbonyl (C=O) groups excluding carboxylic acids is 1. The Hall–Kier alpha value is -1.16. The Morgan fingerprint density at radius 2 is 2.00 bits per heavy atom. The minimum atomic E-state index is -1.02. The number of carboxylic acids is 1. The highest BCUT2D eigenvalue weighted by molar-refractivity contribution is 9.10. The number of ketones is 1. The van der Waals surface area contributed by atoms with E-state index in [4.69, 9.17) is 5.11 Å². The minimum absolute atomic E-state index is 0.0649. The number of halogens is 1. The first-order valence-electron chi connectivity index (χ1n) is 5.08. The minimum Gasteiger partial charge on any atom is -0.478 e. The van der Waals surface area contributed by atoms with Gasteiger partial charge in [-0.3, -0.25) is 4.79 Å². The molecule has 0 heterocycles. The summed E-state index contributed by atoms with van der Waals surface area (Å²) in [6, 6.07) is 6.11. The van der Waals surface area contributed by atoms with E-state index in [1.165, 1.54) is 12.1 Å². The highest BCUT2D eigenvalue weighted by Gasteiger charge is 2.16. The maximum atomic E-state index is 11.9. The second-order valence-electron chi connectivity index (χ2n) is 3.51. The predicted octanol–water partition coefficient (Wildman–Crippen LogP) is 3.13. The summed E-state index contributed by atoms with van der Waals surface area (Å²) >= 11 is 3.30. The largest absolute Gasteiger partial charge is 0.478 e. The zero-order valence-electron chi connectivity index (χ0n) is 8.94. The van der Waals surface area contributed by atoms with Crippen molar-refractivity contribution in [2.45, 2.75) is 24.6 Å². The van der Waals surface area contributed by atoms with Crippen LogP contribution in [0.2, 0.25) is 0 Å². The third-order valence-corrected chi connectivity index (χ3v) is 3.09. The van der Waals surface area contributed by atoms with Crippen LogP contribution in [0.25, 0.3) is 0 Å². The number of Topliss-reactive ketones (excluding diaryl/α,β-unsaturated/α-hetero) is 1. The second-order valence-corrected chi connectivity index (χ2v) is 4.61. The Morgan fingerprint density at radius 1 is 1.38 bits per heavy atom. The van der Waals surface area contributed by atoms with Gasteiger partial charge in [-0.25, -0.2) is 4.79 Å². The normalized spacial score (nSPS) is 12.1. The molecule has 0 saturated carbocycles. The first-order valence-corrected chi connectivity index (χ1v) is 5.99. The predicted molar refractivity (Wildman–Crippen MR) is 65.4 cm³/mol. The van der Waals surface area contributed by atoms with Gasteiger partial charge < -0.3 is 5.11 Å². The lowest BCUT2D eigenvalue weighted by Gasteiger charge is -2.07. The molecule has 1 aromatic rings. The molecule has 0 aromatic heterocycles. The summed E-state index contributed by atoms with van der Waals surface area (Å²) in [4.78, 5) is 22.4. The third kappa shape index (κ3) is 3.17. The zero-order valence-corrected chi connectivity index (χ0v) is 10.5. The second kappa shape index (κ2) is 5.80. The topological polar surface area (TPSA) is 54.4 Å². The molecule has 86 valence electrons. The summed E-state index contributed by atoms with van der Waals surface area (Å²) in [5.74, 6) is -1.08. The highest BCUT2D eigenvalue weighted by atomic mass is 79.9. The summed E-state index contributed by atoms with van der Waals surface area (Å²) < 4.78 is 0. The van der Waals surface area contributed by atoms with Gasteiger partial charge in [0, 0.05) is 5.56 Å². The maximum Gasteiger partial charge on any atom is 0.335 e. The van der Waals surface area contributed by atoms with Gasteiger partial charge in [0.15, 0.2) is 5.78 Å². The molecule has 1 atom stereocenters. The summed E-state index contributed by atoms with van der Waals surface area (Å²) in [5.41, 5.74) is 0.581. The number of alkyl halides is 1. The summed E-state index contributed by atoms with van der Waals surface area (Å²) in [6.45, 7) is 2.00. The molecule has 1 unspecified atom stereocenters. The quantitative estimate of drug-likeness (QED) is 0.668. The van der Waals surface area contributed by atoms with Gasteiger partial charge in [-0.1, -0.05) is 41.4 Å². The molecule has 0 radical (unpaired) electrons. The number of carbonyl (C=O) groups is 2. The SMILES string of the molecule is CCCC(Br)C(=O)c1cccc(C(=O)O)c1. The van der Waals surface area contributed by atoms with Crippen LogP contribution in [0, 0.1) is 0 Å². The summed E-state index contributed by atoms with van der Waals surface area (Å²) in [5, 5.41) is 8.81. The van der Waals surface area contributed by atoms with Gasteiger partial charge in [0.05, 0.1) is 10.4 Å². The average molecular weight is 285 g/mol. The molecule has 0 amide bonds. The van der Waals surface area contributed by atoms with Crippen LogP contribution in [0.3, 0.4) is 0 Å². The fraction of sp³-hybridized carbons (Fsp3) is 0.333. The lowest BCUT2D eigenvalue weighted by atomic mass is 10.0.